The molecule has 1 atom stereocenters. The lowest BCUT2D eigenvalue weighted by Crippen LogP contribution is -2.34. The minimum atomic E-state index is -3.90. The van der Waals surface area contributed by atoms with Crippen LogP contribution in [-0.2, 0) is 24.3 Å². The van der Waals surface area contributed by atoms with Gasteiger partial charge in [0.15, 0.2) is 11.2 Å². The summed E-state index contributed by atoms with van der Waals surface area (Å²) in [7, 11) is -3.90. The van der Waals surface area contributed by atoms with Gasteiger partial charge < -0.3 is 9.47 Å². The number of hydrogen-bond acceptors (Lipinski definition) is 8. The molecule has 0 saturated heterocycles. The maximum absolute atomic E-state index is 12.0. The number of esters is 1. The molecule has 0 spiro atoms. The molecule has 9 nitrogen and oxygen atoms in total. The van der Waals surface area contributed by atoms with E-state index in [0.717, 1.165) is 11.3 Å². The molecule has 0 aliphatic rings. The van der Waals surface area contributed by atoms with Crippen molar-refractivity contribution >= 4 is 38.6 Å². The van der Waals surface area contributed by atoms with Crippen LogP contribution in [0.15, 0.2) is 17.4 Å². The van der Waals surface area contributed by atoms with Crippen molar-refractivity contribution in [2.45, 2.75) is 39.3 Å². The van der Waals surface area contributed by atoms with Crippen molar-refractivity contribution in [3.8, 4) is 0 Å². The molecule has 1 unspecified atom stereocenters. The Kier molecular flexibility index (Phi) is 7.08. The summed E-state index contributed by atoms with van der Waals surface area (Å²) in [6.45, 7) is 9.95. The average molecular weight is 391 g/mol. The highest BCUT2D eigenvalue weighted by Gasteiger charge is 2.29. The first-order valence-electron chi connectivity index (χ1n) is 7.24. The highest BCUT2D eigenvalue weighted by molar-refractivity contribution is 7.92. The van der Waals surface area contributed by atoms with Crippen molar-refractivity contribution < 1.29 is 27.5 Å². The number of ether oxygens (including phenoxy) is 2. The van der Waals surface area contributed by atoms with Gasteiger partial charge in [0.25, 0.3) is 0 Å². The molecule has 0 radical (unpaired) electrons. The smallest absolute Gasteiger partial charge is 0.413 e. The summed E-state index contributed by atoms with van der Waals surface area (Å²) in [4.78, 5) is 27.8. The maximum atomic E-state index is 12.0. The maximum Gasteiger partial charge on any atom is 0.413 e. The number of nitrogens with one attached hydrogen (secondary N) is 2. The second-order valence-corrected chi connectivity index (χ2v) is 8.24. The summed E-state index contributed by atoms with van der Waals surface area (Å²) in [5.74, 6) is -0.818. The quantitative estimate of drug-likeness (QED) is 0.683. The molecule has 1 rings (SSSR count). The van der Waals surface area contributed by atoms with Gasteiger partial charge in [0.2, 0.25) is 10.0 Å². The first-order chi connectivity index (χ1) is 11.5. The number of nitrogens with zero attached hydrogens (tertiary/aromatic N) is 1. The Morgan fingerprint density at radius 3 is 2.60 bits per heavy atom. The zero-order valence-corrected chi connectivity index (χ0v) is 16.0. The Labute approximate surface area is 150 Å². The van der Waals surface area contributed by atoms with Gasteiger partial charge >= 0.3 is 12.1 Å². The molecule has 11 heteroatoms. The van der Waals surface area contributed by atoms with Gasteiger partial charge in [-0.25, -0.2) is 23.0 Å². The predicted molar refractivity (Wildman–Crippen MR) is 93.6 cm³/mol. The van der Waals surface area contributed by atoms with Crippen LogP contribution in [0.25, 0.3) is 0 Å². The Hall–Kier alpha value is -1.98. The summed E-state index contributed by atoms with van der Waals surface area (Å²) in [6.07, 6.45) is -0.715. The molecule has 0 aromatic carbocycles. The average Bonchev–Trinajstić information content (AvgIpc) is 2.91. The molecular formula is C14H21N3O6S2. The van der Waals surface area contributed by atoms with Crippen molar-refractivity contribution in [1.82, 2.24) is 9.71 Å². The normalized spacial score (nSPS) is 13.0. The van der Waals surface area contributed by atoms with E-state index in [4.69, 9.17) is 9.47 Å². The van der Waals surface area contributed by atoms with E-state index in [1.54, 1.807) is 27.7 Å². The summed E-state index contributed by atoms with van der Waals surface area (Å²) in [5, 5.41) is 4.67. The van der Waals surface area contributed by atoms with Crippen LogP contribution in [-0.4, -0.2) is 37.7 Å². The van der Waals surface area contributed by atoms with Crippen molar-refractivity contribution in [2.24, 2.45) is 0 Å². The Morgan fingerprint density at radius 2 is 2.08 bits per heavy atom. The van der Waals surface area contributed by atoms with Gasteiger partial charge in [0, 0.05) is 10.8 Å². The standard InChI is InChI=1S/C14H21N3O6S2/c1-6-22-11(18)10(17-25(20,21)7-2)9-8-24-12(15-9)16-13(19)23-14(3,4)5/h7-8,10,17H,2,6H2,1,3-5H3,(H,15,16,19). The fourth-order valence-electron chi connectivity index (χ4n) is 1.53. The highest BCUT2D eigenvalue weighted by atomic mass is 32.2. The molecule has 0 saturated carbocycles. The number of hydrogen-bond donors (Lipinski definition) is 2. The lowest BCUT2D eigenvalue weighted by Gasteiger charge is -2.19. The van der Waals surface area contributed by atoms with E-state index in [1.807, 2.05) is 0 Å². The van der Waals surface area contributed by atoms with E-state index in [-0.39, 0.29) is 17.4 Å². The minimum Gasteiger partial charge on any atom is -0.464 e. The van der Waals surface area contributed by atoms with Crippen LogP contribution in [0.4, 0.5) is 9.93 Å². The fourth-order valence-corrected chi connectivity index (χ4v) is 2.90. The van der Waals surface area contributed by atoms with Crippen LogP contribution in [0, 0.1) is 0 Å². The minimum absolute atomic E-state index is 0.0678. The largest absolute Gasteiger partial charge is 0.464 e. The summed E-state index contributed by atoms with van der Waals surface area (Å²) in [5.41, 5.74) is -0.600. The van der Waals surface area contributed by atoms with E-state index in [2.05, 4.69) is 21.6 Å². The van der Waals surface area contributed by atoms with Crippen LogP contribution in [0.1, 0.15) is 39.4 Å². The Balaban J connectivity index is 2.97. The van der Waals surface area contributed by atoms with Gasteiger partial charge in [-0.1, -0.05) is 6.58 Å². The molecule has 0 aliphatic heterocycles. The van der Waals surface area contributed by atoms with E-state index < -0.39 is 33.7 Å². The van der Waals surface area contributed by atoms with E-state index >= 15 is 0 Å². The third kappa shape index (κ3) is 7.20. The molecule has 1 heterocycles. The first-order valence-corrected chi connectivity index (χ1v) is 9.67. The molecule has 0 bridgehead atoms. The van der Waals surface area contributed by atoms with Gasteiger partial charge in [-0.2, -0.15) is 4.72 Å². The lowest BCUT2D eigenvalue weighted by atomic mass is 10.2. The van der Waals surface area contributed by atoms with Crippen molar-refractivity contribution in [2.75, 3.05) is 11.9 Å². The first kappa shape index (κ1) is 21.1. The van der Waals surface area contributed by atoms with Gasteiger partial charge in [-0.05, 0) is 27.7 Å². The highest BCUT2D eigenvalue weighted by Crippen LogP contribution is 2.23. The van der Waals surface area contributed by atoms with Crippen LogP contribution < -0.4 is 10.0 Å². The number of amides is 1. The zero-order valence-electron chi connectivity index (χ0n) is 14.4. The third-order valence-corrected chi connectivity index (χ3v) is 4.23. The predicted octanol–water partition coefficient (Wildman–Crippen LogP) is 2.16. The van der Waals surface area contributed by atoms with Gasteiger partial charge in [-0.15, -0.1) is 11.3 Å². The molecule has 0 fully saturated rings. The fraction of sp³-hybridized carbons (Fsp3) is 0.500. The SMILES string of the molecule is C=CS(=O)(=O)NC(C(=O)OCC)c1csc(NC(=O)OC(C)(C)C)n1. The number of sulfonamides is 1. The molecule has 1 aromatic heterocycles. The second-order valence-electron chi connectivity index (χ2n) is 5.72. The molecule has 1 aromatic rings. The van der Waals surface area contributed by atoms with E-state index in [1.165, 1.54) is 5.38 Å². The monoisotopic (exact) mass is 391 g/mol. The Bertz CT molecular complexity index is 736. The summed E-state index contributed by atoms with van der Waals surface area (Å²) < 4.78 is 35.4. The topological polar surface area (TPSA) is 124 Å². The van der Waals surface area contributed by atoms with Crippen LogP contribution in [0.5, 0.6) is 0 Å². The molecule has 2 N–H and O–H groups in total. The number of aromatic nitrogens is 1. The Morgan fingerprint density at radius 1 is 1.44 bits per heavy atom. The van der Waals surface area contributed by atoms with Crippen molar-refractivity contribution in [3.63, 3.8) is 0 Å². The van der Waals surface area contributed by atoms with Crippen LogP contribution in [0.3, 0.4) is 0 Å². The van der Waals surface area contributed by atoms with Gasteiger partial charge in [0.05, 0.1) is 12.3 Å². The number of carbonyl (C=O) groups is 2. The molecule has 25 heavy (non-hydrogen) atoms. The van der Waals surface area contributed by atoms with Crippen molar-refractivity contribution in [3.05, 3.63) is 23.1 Å². The molecule has 1 amide bonds. The van der Waals surface area contributed by atoms with E-state index in [9.17, 15) is 18.0 Å². The molecule has 0 aliphatic carbocycles. The van der Waals surface area contributed by atoms with Crippen LogP contribution in [0.2, 0.25) is 0 Å². The lowest BCUT2D eigenvalue weighted by molar-refractivity contribution is -0.145. The third-order valence-electron chi connectivity index (χ3n) is 2.45. The van der Waals surface area contributed by atoms with Crippen molar-refractivity contribution in [1.29, 1.82) is 0 Å². The van der Waals surface area contributed by atoms with E-state index in [0.29, 0.717) is 5.41 Å². The molecule has 140 valence electrons. The summed E-state index contributed by atoms with van der Waals surface area (Å²) in [6, 6.07) is -1.35. The number of anilines is 1. The number of rotatable bonds is 7. The zero-order chi connectivity index (χ0) is 19.3. The number of thiazole rings is 1. The molecular weight excluding hydrogens is 370 g/mol. The number of carbonyl (C=O) groups excluding carboxylic acids is 2. The summed E-state index contributed by atoms with van der Waals surface area (Å²) >= 11 is 1.01. The van der Waals surface area contributed by atoms with Gasteiger partial charge in [0.1, 0.15) is 5.60 Å². The van der Waals surface area contributed by atoms with Crippen LogP contribution >= 0.6 is 11.3 Å². The van der Waals surface area contributed by atoms with Gasteiger partial charge in [-0.3, -0.25) is 5.32 Å². The second kappa shape index (κ2) is 8.41.